The summed E-state index contributed by atoms with van der Waals surface area (Å²) >= 11 is 0. The smallest absolute Gasteiger partial charge is 0.332 e. The van der Waals surface area contributed by atoms with E-state index in [4.69, 9.17) is 5.73 Å². The number of hydrogen-bond donors (Lipinski definition) is 3. The molecule has 7 nitrogen and oxygen atoms in total. The van der Waals surface area contributed by atoms with Gasteiger partial charge in [-0.05, 0) is 32.9 Å². The second kappa shape index (κ2) is 6.13. The summed E-state index contributed by atoms with van der Waals surface area (Å²) in [5.74, 6) is 0.108. The van der Waals surface area contributed by atoms with Crippen molar-refractivity contribution in [1.82, 2.24) is 20.1 Å². The van der Waals surface area contributed by atoms with Gasteiger partial charge in [0.15, 0.2) is 0 Å². The van der Waals surface area contributed by atoms with Crippen LogP contribution in [0.5, 0.6) is 0 Å². The van der Waals surface area contributed by atoms with E-state index in [1.54, 1.807) is 30.1 Å². The molecule has 0 spiro atoms. The Morgan fingerprint density at radius 1 is 1.31 bits per heavy atom. The Balaban J connectivity index is 1.84. The molecule has 0 bridgehead atoms. The molecule has 0 amide bonds. The van der Waals surface area contributed by atoms with Crippen molar-refractivity contribution < 1.29 is 13.2 Å². The van der Waals surface area contributed by atoms with E-state index in [0.717, 1.165) is 17.6 Å². The molecule has 3 heterocycles. The Labute approximate surface area is 147 Å². The third-order valence-corrected chi connectivity index (χ3v) is 3.84. The van der Waals surface area contributed by atoms with Crippen molar-refractivity contribution in [2.75, 3.05) is 5.32 Å². The summed E-state index contributed by atoms with van der Waals surface area (Å²) < 4.78 is 40.6. The average molecular weight is 365 g/mol. The van der Waals surface area contributed by atoms with Gasteiger partial charge in [-0.25, -0.2) is 9.67 Å². The van der Waals surface area contributed by atoms with Crippen LogP contribution < -0.4 is 16.4 Å². The fourth-order valence-electron chi connectivity index (χ4n) is 2.56. The molecule has 0 fully saturated rings. The van der Waals surface area contributed by atoms with E-state index in [-0.39, 0.29) is 5.96 Å². The zero-order chi connectivity index (χ0) is 19.1. The number of aromatic nitrogens is 3. The summed E-state index contributed by atoms with van der Waals surface area (Å²) in [6.07, 6.45) is -0.358. The summed E-state index contributed by atoms with van der Waals surface area (Å²) in [5, 5.41) is 9.82. The van der Waals surface area contributed by atoms with Crippen molar-refractivity contribution in [3.8, 4) is 5.69 Å². The Bertz CT molecular complexity index is 893. The van der Waals surface area contributed by atoms with Crippen molar-refractivity contribution in [3.63, 3.8) is 0 Å². The minimum atomic E-state index is -4.56. The first kappa shape index (κ1) is 17.9. The van der Waals surface area contributed by atoms with E-state index in [2.05, 4.69) is 25.7 Å². The molecule has 10 heteroatoms. The summed E-state index contributed by atoms with van der Waals surface area (Å²) in [6, 6.07) is 3.66. The van der Waals surface area contributed by atoms with Crippen LogP contribution in [0.15, 0.2) is 41.3 Å². The molecule has 0 saturated carbocycles. The molecule has 138 valence electrons. The zero-order valence-corrected chi connectivity index (χ0v) is 14.4. The molecule has 2 aromatic rings. The number of nitrogens with two attached hydrogens (primary N) is 1. The fraction of sp³-hybridized carbons (Fsp3) is 0.312. The van der Waals surface area contributed by atoms with Gasteiger partial charge in [-0.15, -0.1) is 0 Å². The quantitative estimate of drug-likeness (QED) is 0.760. The topological polar surface area (TPSA) is 93.2 Å². The molecule has 0 aromatic carbocycles. The number of aryl methyl sites for hydroxylation is 2. The van der Waals surface area contributed by atoms with Gasteiger partial charge in [-0.1, -0.05) is 0 Å². The average Bonchev–Trinajstić information content (AvgIpc) is 2.86. The Morgan fingerprint density at radius 2 is 2.04 bits per heavy atom. The predicted molar refractivity (Wildman–Crippen MR) is 91.8 cm³/mol. The Kier molecular flexibility index (Phi) is 4.23. The molecule has 0 radical (unpaired) electrons. The molecule has 1 aliphatic rings. The van der Waals surface area contributed by atoms with Crippen LogP contribution in [0.2, 0.25) is 0 Å². The maximum absolute atomic E-state index is 13.0. The molecule has 1 atom stereocenters. The van der Waals surface area contributed by atoms with Crippen LogP contribution >= 0.6 is 0 Å². The number of alkyl halides is 3. The number of nitrogens with zero attached hydrogens (tertiary/aromatic N) is 4. The lowest BCUT2D eigenvalue weighted by Gasteiger charge is -2.30. The largest absolute Gasteiger partial charge is 0.417 e. The highest BCUT2D eigenvalue weighted by Gasteiger charge is 2.45. The van der Waals surface area contributed by atoms with Gasteiger partial charge in [0.25, 0.3) is 0 Å². The molecule has 4 N–H and O–H groups in total. The van der Waals surface area contributed by atoms with E-state index in [0.29, 0.717) is 11.4 Å². The number of halogens is 3. The van der Waals surface area contributed by atoms with Crippen LogP contribution in [-0.2, 0) is 0 Å². The SMILES string of the molecule is Cc1cc(-n2cc(NC3=NC(C)(N)C(C(F)(F)F)=CN3)c(C)n2)ccn1. The van der Waals surface area contributed by atoms with E-state index in [9.17, 15) is 13.2 Å². The highest BCUT2D eigenvalue weighted by molar-refractivity contribution is 5.95. The molecule has 0 saturated heterocycles. The summed E-state index contributed by atoms with van der Waals surface area (Å²) in [5.41, 5.74) is 5.77. The minimum Gasteiger partial charge on any atom is -0.332 e. The van der Waals surface area contributed by atoms with Crippen LogP contribution in [0.25, 0.3) is 5.69 Å². The number of rotatable bonds is 2. The molecule has 1 unspecified atom stereocenters. The molecule has 1 aliphatic heterocycles. The van der Waals surface area contributed by atoms with Crippen molar-refractivity contribution in [2.24, 2.45) is 10.7 Å². The lowest BCUT2D eigenvalue weighted by molar-refractivity contribution is -0.100. The highest BCUT2D eigenvalue weighted by atomic mass is 19.4. The van der Waals surface area contributed by atoms with Gasteiger partial charge in [0.2, 0.25) is 5.96 Å². The van der Waals surface area contributed by atoms with Crippen LogP contribution in [0.1, 0.15) is 18.3 Å². The van der Waals surface area contributed by atoms with Crippen molar-refractivity contribution >= 4 is 11.6 Å². The molecular weight excluding hydrogens is 347 g/mol. The maximum Gasteiger partial charge on any atom is 0.417 e. The van der Waals surface area contributed by atoms with Gasteiger partial charge in [0.1, 0.15) is 5.66 Å². The summed E-state index contributed by atoms with van der Waals surface area (Å²) in [7, 11) is 0. The maximum atomic E-state index is 13.0. The predicted octanol–water partition coefficient (Wildman–Crippen LogP) is 2.38. The van der Waals surface area contributed by atoms with E-state index in [1.165, 1.54) is 6.92 Å². The second-order valence-corrected chi connectivity index (χ2v) is 6.16. The van der Waals surface area contributed by atoms with Crippen molar-refractivity contribution in [3.05, 3.63) is 47.7 Å². The van der Waals surface area contributed by atoms with Gasteiger partial charge in [0, 0.05) is 18.1 Å². The van der Waals surface area contributed by atoms with Gasteiger partial charge in [-0.3, -0.25) is 4.98 Å². The first-order valence-electron chi connectivity index (χ1n) is 7.76. The van der Waals surface area contributed by atoms with Gasteiger partial charge in [0.05, 0.1) is 28.8 Å². The van der Waals surface area contributed by atoms with Crippen LogP contribution in [0.4, 0.5) is 18.9 Å². The van der Waals surface area contributed by atoms with E-state index >= 15 is 0 Å². The minimum absolute atomic E-state index is 0.108. The number of aliphatic imine (C=N–C) groups is 1. The fourth-order valence-corrected chi connectivity index (χ4v) is 2.56. The zero-order valence-electron chi connectivity index (χ0n) is 14.4. The van der Waals surface area contributed by atoms with Gasteiger partial charge < -0.3 is 16.4 Å². The molecule has 26 heavy (non-hydrogen) atoms. The lowest BCUT2D eigenvalue weighted by atomic mass is 10.0. The van der Waals surface area contributed by atoms with Gasteiger partial charge in [-0.2, -0.15) is 18.3 Å². The number of nitrogens with one attached hydrogen (secondary N) is 2. The molecular formula is C16H18F3N7. The molecule has 0 aliphatic carbocycles. The number of guanidine groups is 1. The van der Waals surface area contributed by atoms with Crippen LogP contribution in [0, 0.1) is 13.8 Å². The first-order chi connectivity index (χ1) is 12.1. The summed E-state index contributed by atoms with van der Waals surface area (Å²) in [6.45, 7) is 4.84. The van der Waals surface area contributed by atoms with E-state index in [1.807, 2.05) is 13.0 Å². The molecule has 2 aromatic heterocycles. The Hall–Kier alpha value is -2.88. The van der Waals surface area contributed by atoms with Crippen molar-refractivity contribution in [2.45, 2.75) is 32.6 Å². The van der Waals surface area contributed by atoms with Crippen LogP contribution in [0.3, 0.4) is 0 Å². The van der Waals surface area contributed by atoms with Crippen molar-refractivity contribution in [1.29, 1.82) is 0 Å². The van der Waals surface area contributed by atoms with Crippen LogP contribution in [-0.4, -0.2) is 32.6 Å². The monoisotopic (exact) mass is 365 g/mol. The lowest BCUT2D eigenvalue weighted by Crippen LogP contribution is -2.49. The van der Waals surface area contributed by atoms with Gasteiger partial charge >= 0.3 is 6.18 Å². The second-order valence-electron chi connectivity index (χ2n) is 6.16. The van der Waals surface area contributed by atoms with E-state index < -0.39 is 17.4 Å². The normalized spacial score (nSPS) is 20.3. The standard InChI is InChI=1S/C16H18F3N7/c1-9-6-11(4-5-21-9)26-8-12(10(2)25-26)23-14-22-7-13(16(17,18)19)15(3,20)24-14/h4-8H,20H2,1-3H3,(H2,22,23,24). The summed E-state index contributed by atoms with van der Waals surface area (Å²) in [4.78, 5) is 8.06. The highest BCUT2D eigenvalue weighted by Crippen LogP contribution is 2.34. The Morgan fingerprint density at radius 3 is 2.65 bits per heavy atom. The third-order valence-electron chi connectivity index (χ3n) is 3.84. The number of anilines is 1. The number of pyridine rings is 1. The third kappa shape index (κ3) is 3.54. The number of hydrogen-bond acceptors (Lipinski definition) is 6. The first-order valence-corrected chi connectivity index (χ1v) is 7.76. The molecule has 3 rings (SSSR count).